The number of pyridine rings is 1. The van der Waals surface area contributed by atoms with E-state index in [0.717, 1.165) is 35.5 Å². The van der Waals surface area contributed by atoms with Gasteiger partial charge in [-0.1, -0.05) is 6.07 Å². The summed E-state index contributed by atoms with van der Waals surface area (Å²) in [6.45, 7) is 1.48. The lowest BCUT2D eigenvalue weighted by molar-refractivity contribution is 0.145. The van der Waals surface area contributed by atoms with E-state index >= 15 is 0 Å². The van der Waals surface area contributed by atoms with Gasteiger partial charge in [-0.3, -0.25) is 14.4 Å². The van der Waals surface area contributed by atoms with Crippen molar-refractivity contribution in [1.29, 1.82) is 0 Å². The van der Waals surface area contributed by atoms with Crippen LogP contribution >= 0.6 is 0 Å². The van der Waals surface area contributed by atoms with Crippen LogP contribution in [0.4, 0.5) is 10.2 Å². The standard InChI is InChI=1S/C20H18FN5O/c21-14-8-13-2-1-5-23-20(13)16(9-14)17-10-24-18-11-22-12-19(26(17)18)25-6-3-15(27)4-7-25/h1-2,5,8-12,15,27H,3-4,6-7H2. The molecule has 0 unspecified atom stereocenters. The molecule has 0 radical (unpaired) electrons. The first kappa shape index (κ1) is 16.1. The van der Waals surface area contributed by atoms with E-state index in [1.807, 2.05) is 10.5 Å². The Morgan fingerprint density at radius 1 is 1.07 bits per heavy atom. The van der Waals surface area contributed by atoms with E-state index in [0.29, 0.717) is 24.1 Å². The van der Waals surface area contributed by atoms with Gasteiger partial charge in [0.25, 0.3) is 0 Å². The number of nitrogens with zero attached hydrogens (tertiary/aromatic N) is 5. The summed E-state index contributed by atoms with van der Waals surface area (Å²) < 4.78 is 16.3. The van der Waals surface area contributed by atoms with Gasteiger partial charge < -0.3 is 10.0 Å². The fraction of sp³-hybridized carbons (Fsp3) is 0.250. The lowest BCUT2D eigenvalue weighted by atomic mass is 10.1. The van der Waals surface area contributed by atoms with Gasteiger partial charge in [-0.2, -0.15) is 0 Å². The molecule has 3 aromatic heterocycles. The lowest BCUT2D eigenvalue weighted by Gasteiger charge is -2.31. The molecule has 1 fully saturated rings. The molecule has 0 aliphatic carbocycles. The van der Waals surface area contributed by atoms with E-state index in [-0.39, 0.29) is 11.9 Å². The zero-order valence-corrected chi connectivity index (χ0v) is 14.6. The third kappa shape index (κ3) is 2.71. The van der Waals surface area contributed by atoms with Crippen molar-refractivity contribution in [3.63, 3.8) is 0 Å². The summed E-state index contributed by atoms with van der Waals surface area (Å²) in [5.41, 5.74) is 2.90. The third-order valence-corrected chi connectivity index (χ3v) is 5.13. The molecular weight excluding hydrogens is 345 g/mol. The Morgan fingerprint density at radius 2 is 1.93 bits per heavy atom. The second-order valence-electron chi connectivity index (χ2n) is 6.85. The molecule has 0 spiro atoms. The number of aliphatic hydroxyl groups is 1. The molecule has 6 nitrogen and oxygen atoms in total. The third-order valence-electron chi connectivity index (χ3n) is 5.13. The van der Waals surface area contributed by atoms with Gasteiger partial charge in [0.15, 0.2) is 5.65 Å². The number of hydrogen-bond donors (Lipinski definition) is 1. The number of piperidine rings is 1. The Balaban J connectivity index is 1.74. The van der Waals surface area contributed by atoms with Crippen molar-refractivity contribution < 1.29 is 9.50 Å². The van der Waals surface area contributed by atoms with Crippen LogP contribution in [0.3, 0.4) is 0 Å². The van der Waals surface area contributed by atoms with E-state index in [1.165, 1.54) is 12.1 Å². The first-order chi connectivity index (χ1) is 13.2. The number of aromatic nitrogens is 4. The van der Waals surface area contributed by atoms with Crippen LogP contribution in [0.25, 0.3) is 27.8 Å². The van der Waals surface area contributed by atoms with Crippen LogP contribution in [0.15, 0.2) is 49.1 Å². The van der Waals surface area contributed by atoms with Gasteiger partial charge in [-0.05, 0) is 31.0 Å². The Morgan fingerprint density at radius 3 is 2.78 bits per heavy atom. The van der Waals surface area contributed by atoms with Gasteiger partial charge in [0.05, 0.1) is 35.9 Å². The minimum absolute atomic E-state index is 0.257. The molecule has 0 bridgehead atoms. The fourth-order valence-corrected chi connectivity index (χ4v) is 3.79. The van der Waals surface area contributed by atoms with Gasteiger partial charge in [0.1, 0.15) is 11.6 Å². The van der Waals surface area contributed by atoms with Gasteiger partial charge in [0.2, 0.25) is 0 Å². The number of benzene rings is 1. The molecule has 5 rings (SSSR count). The number of aliphatic hydroxyl groups excluding tert-OH is 1. The van der Waals surface area contributed by atoms with Crippen molar-refractivity contribution in [3.8, 4) is 11.3 Å². The predicted octanol–water partition coefficient (Wildman–Crippen LogP) is 3.04. The second kappa shape index (κ2) is 6.28. The Bertz CT molecular complexity index is 1130. The summed E-state index contributed by atoms with van der Waals surface area (Å²) in [5, 5.41) is 10.6. The average Bonchev–Trinajstić information content (AvgIpc) is 3.12. The van der Waals surface area contributed by atoms with Crippen LogP contribution in [-0.2, 0) is 0 Å². The maximum atomic E-state index is 14.3. The summed E-state index contributed by atoms with van der Waals surface area (Å²) in [5.74, 6) is 0.581. The van der Waals surface area contributed by atoms with E-state index in [1.54, 1.807) is 30.9 Å². The summed E-state index contributed by atoms with van der Waals surface area (Å²) >= 11 is 0. The van der Waals surface area contributed by atoms with Crippen molar-refractivity contribution in [2.75, 3.05) is 18.0 Å². The summed E-state index contributed by atoms with van der Waals surface area (Å²) in [7, 11) is 0. The van der Waals surface area contributed by atoms with Gasteiger partial charge in [-0.25, -0.2) is 9.37 Å². The van der Waals surface area contributed by atoms with E-state index in [4.69, 9.17) is 0 Å². The molecule has 7 heteroatoms. The predicted molar refractivity (Wildman–Crippen MR) is 101 cm³/mol. The Hall–Kier alpha value is -3.06. The van der Waals surface area contributed by atoms with Crippen molar-refractivity contribution in [2.45, 2.75) is 18.9 Å². The largest absolute Gasteiger partial charge is 0.393 e. The molecule has 136 valence electrons. The zero-order valence-electron chi connectivity index (χ0n) is 14.6. The molecule has 4 aromatic rings. The molecule has 1 N–H and O–H groups in total. The summed E-state index contributed by atoms with van der Waals surface area (Å²) in [4.78, 5) is 15.4. The smallest absolute Gasteiger partial charge is 0.157 e. The molecule has 0 saturated carbocycles. The van der Waals surface area contributed by atoms with E-state index in [2.05, 4.69) is 19.9 Å². The van der Waals surface area contributed by atoms with Crippen LogP contribution in [0.5, 0.6) is 0 Å². The first-order valence-corrected chi connectivity index (χ1v) is 9.00. The molecule has 1 saturated heterocycles. The molecule has 0 amide bonds. The number of hydrogen-bond acceptors (Lipinski definition) is 5. The highest BCUT2D eigenvalue weighted by atomic mass is 19.1. The number of anilines is 1. The molecule has 1 aliphatic heterocycles. The van der Waals surface area contributed by atoms with Crippen molar-refractivity contribution in [2.24, 2.45) is 0 Å². The van der Waals surface area contributed by atoms with Gasteiger partial charge in [0, 0.05) is 30.2 Å². The number of imidazole rings is 1. The Kier molecular flexibility index (Phi) is 3.75. The fourth-order valence-electron chi connectivity index (χ4n) is 3.79. The average molecular weight is 363 g/mol. The quantitative estimate of drug-likeness (QED) is 0.593. The second-order valence-corrected chi connectivity index (χ2v) is 6.85. The number of rotatable bonds is 2. The van der Waals surface area contributed by atoms with Gasteiger partial charge in [-0.15, -0.1) is 0 Å². The van der Waals surface area contributed by atoms with Crippen molar-refractivity contribution in [1.82, 2.24) is 19.4 Å². The highest BCUT2D eigenvalue weighted by Gasteiger charge is 2.22. The van der Waals surface area contributed by atoms with Crippen LogP contribution < -0.4 is 4.90 Å². The van der Waals surface area contributed by atoms with Crippen molar-refractivity contribution in [3.05, 3.63) is 54.9 Å². The zero-order chi connectivity index (χ0) is 18.4. The van der Waals surface area contributed by atoms with Crippen LogP contribution in [0.2, 0.25) is 0 Å². The Labute approximate surface area is 154 Å². The van der Waals surface area contributed by atoms with Crippen LogP contribution in [0.1, 0.15) is 12.8 Å². The molecule has 1 aliphatic rings. The van der Waals surface area contributed by atoms with Crippen LogP contribution in [0, 0.1) is 5.82 Å². The number of fused-ring (bicyclic) bond motifs is 2. The number of halogens is 1. The summed E-state index contributed by atoms with van der Waals surface area (Å²) in [6, 6.07) is 6.65. The minimum Gasteiger partial charge on any atom is -0.393 e. The monoisotopic (exact) mass is 363 g/mol. The molecule has 4 heterocycles. The first-order valence-electron chi connectivity index (χ1n) is 9.00. The normalized spacial score (nSPS) is 15.7. The topological polar surface area (TPSA) is 66.5 Å². The highest BCUT2D eigenvalue weighted by molar-refractivity contribution is 5.93. The van der Waals surface area contributed by atoms with Crippen LogP contribution in [-0.4, -0.2) is 43.7 Å². The highest BCUT2D eigenvalue weighted by Crippen LogP contribution is 2.32. The van der Waals surface area contributed by atoms with E-state index < -0.39 is 0 Å². The minimum atomic E-state index is -0.308. The molecule has 1 aromatic carbocycles. The van der Waals surface area contributed by atoms with E-state index in [9.17, 15) is 9.50 Å². The van der Waals surface area contributed by atoms with Crippen molar-refractivity contribution >= 4 is 22.4 Å². The lowest BCUT2D eigenvalue weighted by Crippen LogP contribution is -2.36. The van der Waals surface area contributed by atoms with Gasteiger partial charge >= 0.3 is 0 Å². The molecule has 27 heavy (non-hydrogen) atoms. The summed E-state index contributed by atoms with van der Waals surface area (Å²) in [6.07, 6.45) is 8.11. The SMILES string of the molecule is OC1CCN(c2cncc3ncc(-c4cc(F)cc5cccnc45)n23)CC1. The maximum Gasteiger partial charge on any atom is 0.157 e. The molecular formula is C20H18FN5O. The maximum absolute atomic E-state index is 14.3. The molecule has 0 atom stereocenters.